The molecule has 0 aliphatic carbocycles. The Morgan fingerprint density at radius 1 is 1.20 bits per heavy atom. The summed E-state index contributed by atoms with van der Waals surface area (Å²) in [7, 11) is 1.62. The minimum Gasteiger partial charge on any atom is -0.496 e. The highest BCUT2D eigenvalue weighted by Crippen LogP contribution is 2.28. The molecule has 2 aromatic rings. The second-order valence-corrected chi connectivity index (χ2v) is 5.89. The van der Waals surface area contributed by atoms with Crippen LogP contribution in [-0.4, -0.2) is 7.11 Å². The van der Waals surface area contributed by atoms with Crippen LogP contribution in [-0.2, 0) is 6.54 Å². The van der Waals surface area contributed by atoms with Crippen LogP contribution in [0.4, 0.5) is 5.69 Å². The maximum Gasteiger partial charge on any atom is 0.123 e. The summed E-state index contributed by atoms with van der Waals surface area (Å²) in [5.41, 5.74) is 2.54. The van der Waals surface area contributed by atoms with Gasteiger partial charge in [0.2, 0.25) is 0 Å². The van der Waals surface area contributed by atoms with E-state index in [0.29, 0.717) is 12.1 Å². The molecule has 0 saturated carbocycles. The molecule has 2 aromatic carbocycles. The fraction of sp³-hybridized carbons (Fsp3) is 0.133. The number of rotatable bonds is 4. The molecule has 0 radical (unpaired) electrons. The number of halogens is 2. The second-order valence-electron chi connectivity index (χ2n) is 4.12. The van der Waals surface area contributed by atoms with Gasteiger partial charge in [0.25, 0.3) is 0 Å². The van der Waals surface area contributed by atoms with Crippen LogP contribution in [0, 0.1) is 11.3 Å². The summed E-state index contributed by atoms with van der Waals surface area (Å²) in [5, 5.41) is 12.3. The molecule has 0 heterocycles. The van der Waals surface area contributed by atoms with E-state index in [9.17, 15) is 0 Å². The van der Waals surface area contributed by atoms with Gasteiger partial charge in [-0.1, -0.05) is 15.9 Å². The van der Waals surface area contributed by atoms with Crippen molar-refractivity contribution in [1.29, 1.82) is 5.26 Å². The molecule has 0 saturated heterocycles. The number of hydrogen-bond acceptors (Lipinski definition) is 3. The molecule has 102 valence electrons. The van der Waals surface area contributed by atoms with Gasteiger partial charge in [0.05, 0.1) is 18.7 Å². The fourth-order valence-corrected chi connectivity index (χ4v) is 2.56. The van der Waals surface area contributed by atoms with Gasteiger partial charge in [0, 0.05) is 26.7 Å². The number of hydrogen-bond donors (Lipinski definition) is 1. The first-order valence-corrected chi connectivity index (χ1v) is 7.48. The second kappa shape index (κ2) is 6.78. The predicted molar refractivity (Wildman–Crippen MR) is 86.9 cm³/mol. The van der Waals surface area contributed by atoms with Gasteiger partial charge in [-0.15, -0.1) is 0 Å². The van der Waals surface area contributed by atoms with Crippen molar-refractivity contribution in [2.24, 2.45) is 0 Å². The van der Waals surface area contributed by atoms with Crippen LogP contribution in [0.25, 0.3) is 0 Å². The van der Waals surface area contributed by atoms with Crippen molar-refractivity contribution >= 4 is 37.5 Å². The highest BCUT2D eigenvalue weighted by Gasteiger charge is 2.06. The van der Waals surface area contributed by atoms with Crippen molar-refractivity contribution in [1.82, 2.24) is 0 Å². The third-order valence-corrected chi connectivity index (χ3v) is 3.99. The molecule has 0 bridgehead atoms. The summed E-state index contributed by atoms with van der Waals surface area (Å²) in [6, 6.07) is 13.4. The van der Waals surface area contributed by atoms with Gasteiger partial charge in [-0.25, -0.2) is 0 Å². The predicted octanol–water partition coefficient (Wildman–Crippen LogP) is 4.70. The first-order chi connectivity index (χ1) is 9.63. The average Bonchev–Trinajstić information content (AvgIpc) is 2.47. The van der Waals surface area contributed by atoms with Gasteiger partial charge < -0.3 is 10.1 Å². The lowest BCUT2D eigenvalue weighted by atomic mass is 10.1. The first-order valence-electron chi connectivity index (χ1n) is 5.90. The lowest BCUT2D eigenvalue weighted by Crippen LogP contribution is -2.02. The molecule has 0 unspecified atom stereocenters. The number of anilines is 1. The molecule has 1 N–H and O–H groups in total. The van der Waals surface area contributed by atoms with Crippen molar-refractivity contribution in [3.05, 3.63) is 56.5 Å². The Bertz CT molecular complexity index is 665. The Morgan fingerprint density at radius 2 is 2.00 bits per heavy atom. The molecular formula is C15H12Br2N2O. The summed E-state index contributed by atoms with van der Waals surface area (Å²) in [5.74, 6) is 0.766. The lowest BCUT2D eigenvalue weighted by molar-refractivity contribution is 0.410. The molecule has 2 rings (SSSR count). The zero-order valence-electron chi connectivity index (χ0n) is 10.8. The SMILES string of the molecule is COc1ccc(C#N)cc1CNc1cc(Br)ccc1Br. The Morgan fingerprint density at radius 3 is 2.70 bits per heavy atom. The van der Waals surface area contributed by atoms with E-state index in [1.807, 2.05) is 30.3 Å². The molecule has 0 atom stereocenters. The molecule has 0 spiro atoms. The van der Waals surface area contributed by atoms with Crippen molar-refractivity contribution in [3.8, 4) is 11.8 Å². The van der Waals surface area contributed by atoms with E-state index in [0.717, 1.165) is 25.9 Å². The minimum absolute atomic E-state index is 0.577. The highest BCUT2D eigenvalue weighted by atomic mass is 79.9. The maximum atomic E-state index is 8.97. The van der Waals surface area contributed by atoms with Gasteiger partial charge in [-0.05, 0) is 52.3 Å². The van der Waals surface area contributed by atoms with Gasteiger partial charge in [-0.2, -0.15) is 5.26 Å². The van der Waals surface area contributed by atoms with Crippen LogP contribution in [0.2, 0.25) is 0 Å². The Kier molecular flexibility index (Phi) is 5.05. The van der Waals surface area contributed by atoms with E-state index in [2.05, 4.69) is 43.2 Å². The summed E-state index contributed by atoms with van der Waals surface area (Å²) in [6.07, 6.45) is 0. The molecule has 3 nitrogen and oxygen atoms in total. The van der Waals surface area contributed by atoms with Gasteiger partial charge in [0.1, 0.15) is 5.75 Å². The standard InChI is InChI=1S/C15H12Br2N2O/c1-20-15-5-2-10(8-18)6-11(15)9-19-14-7-12(16)3-4-13(14)17/h2-7,19H,9H2,1H3. The van der Waals surface area contributed by atoms with Crippen molar-refractivity contribution in [2.75, 3.05) is 12.4 Å². The van der Waals surface area contributed by atoms with E-state index in [1.54, 1.807) is 13.2 Å². The van der Waals surface area contributed by atoms with E-state index in [1.165, 1.54) is 0 Å². The van der Waals surface area contributed by atoms with E-state index < -0.39 is 0 Å². The van der Waals surface area contributed by atoms with Crippen LogP contribution < -0.4 is 10.1 Å². The molecule has 0 fully saturated rings. The van der Waals surface area contributed by atoms with Gasteiger partial charge in [0.15, 0.2) is 0 Å². The Hall–Kier alpha value is -1.51. The number of benzene rings is 2. The largest absolute Gasteiger partial charge is 0.496 e. The number of nitrogens with one attached hydrogen (secondary N) is 1. The van der Waals surface area contributed by atoms with Crippen LogP contribution in [0.3, 0.4) is 0 Å². The van der Waals surface area contributed by atoms with E-state index in [-0.39, 0.29) is 0 Å². The Balaban J connectivity index is 2.22. The van der Waals surface area contributed by atoms with Crippen LogP contribution in [0.5, 0.6) is 5.75 Å². The van der Waals surface area contributed by atoms with Crippen molar-refractivity contribution < 1.29 is 4.74 Å². The van der Waals surface area contributed by atoms with Crippen molar-refractivity contribution in [2.45, 2.75) is 6.54 Å². The van der Waals surface area contributed by atoms with Gasteiger partial charge in [-0.3, -0.25) is 0 Å². The summed E-state index contributed by atoms with van der Waals surface area (Å²) in [6.45, 7) is 0.577. The van der Waals surface area contributed by atoms with Crippen LogP contribution in [0.15, 0.2) is 45.3 Å². The highest BCUT2D eigenvalue weighted by molar-refractivity contribution is 9.11. The summed E-state index contributed by atoms with van der Waals surface area (Å²) in [4.78, 5) is 0. The maximum absolute atomic E-state index is 8.97. The first kappa shape index (κ1) is 14.9. The zero-order valence-corrected chi connectivity index (χ0v) is 14.0. The molecular weight excluding hydrogens is 384 g/mol. The number of nitrogens with zero attached hydrogens (tertiary/aromatic N) is 1. The van der Waals surface area contributed by atoms with Gasteiger partial charge >= 0.3 is 0 Å². The smallest absolute Gasteiger partial charge is 0.123 e. The summed E-state index contributed by atoms with van der Waals surface area (Å²) < 4.78 is 7.30. The third-order valence-electron chi connectivity index (χ3n) is 2.81. The quantitative estimate of drug-likeness (QED) is 0.815. The third kappa shape index (κ3) is 3.53. The molecule has 0 aliphatic rings. The van der Waals surface area contributed by atoms with Crippen LogP contribution in [0.1, 0.15) is 11.1 Å². The molecule has 0 aliphatic heterocycles. The number of methoxy groups -OCH3 is 1. The average molecular weight is 396 g/mol. The van der Waals surface area contributed by atoms with Crippen LogP contribution >= 0.6 is 31.9 Å². The molecule has 20 heavy (non-hydrogen) atoms. The normalized spacial score (nSPS) is 9.90. The fourth-order valence-electron chi connectivity index (χ4n) is 1.81. The molecule has 0 aromatic heterocycles. The molecule has 5 heteroatoms. The molecule has 0 amide bonds. The monoisotopic (exact) mass is 394 g/mol. The Labute approximate surface area is 134 Å². The van der Waals surface area contributed by atoms with E-state index in [4.69, 9.17) is 10.00 Å². The summed E-state index contributed by atoms with van der Waals surface area (Å²) >= 11 is 6.95. The number of nitriles is 1. The topological polar surface area (TPSA) is 45.0 Å². The van der Waals surface area contributed by atoms with Crippen molar-refractivity contribution in [3.63, 3.8) is 0 Å². The number of ether oxygens (including phenoxy) is 1. The lowest BCUT2D eigenvalue weighted by Gasteiger charge is -2.12. The minimum atomic E-state index is 0.577. The zero-order chi connectivity index (χ0) is 14.5. The van der Waals surface area contributed by atoms with E-state index >= 15 is 0 Å².